The number of ether oxygens (including phenoxy) is 1. The van der Waals surface area contributed by atoms with Gasteiger partial charge in [-0.1, -0.05) is 23.2 Å². The van der Waals surface area contributed by atoms with E-state index in [1.807, 2.05) is 0 Å². The molecule has 1 heterocycles. The number of hydrogen-bond acceptors (Lipinski definition) is 5. The van der Waals surface area contributed by atoms with Gasteiger partial charge >= 0.3 is 0 Å². The van der Waals surface area contributed by atoms with Crippen LogP contribution in [0, 0.1) is 6.92 Å². The average Bonchev–Trinajstić information content (AvgIpc) is 2.70. The van der Waals surface area contributed by atoms with Crippen molar-refractivity contribution in [3.63, 3.8) is 0 Å². The number of primary sulfonamides is 1. The molecule has 0 atom stereocenters. The number of rotatable bonds is 4. The quantitative estimate of drug-likeness (QED) is 0.903. The van der Waals surface area contributed by atoms with E-state index in [0.29, 0.717) is 5.82 Å². The fourth-order valence-electron chi connectivity index (χ4n) is 1.56. The lowest BCUT2D eigenvalue weighted by atomic mass is 10.3. The number of benzene rings is 1. The van der Waals surface area contributed by atoms with E-state index in [1.165, 1.54) is 12.1 Å². The lowest BCUT2D eigenvalue weighted by Crippen LogP contribution is -2.13. The van der Waals surface area contributed by atoms with Crippen molar-refractivity contribution in [3.8, 4) is 5.75 Å². The lowest BCUT2D eigenvalue weighted by Gasteiger charge is -2.10. The first-order valence-corrected chi connectivity index (χ1v) is 8.00. The number of halogens is 2. The molecule has 0 unspecified atom stereocenters. The second-order valence-electron chi connectivity index (χ2n) is 4.25. The smallest absolute Gasteiger partial charge is 0.239 e. The molecule has 21 heavy (non-hydrogen) atoms. The van der Waals surface area contributed by atoms with E-state index in [-0.39, 0.29) is 27.3 Å². The summed E-state index contributed by atoms with van der Waals surface area (Å²) in [7, 11) is -2.14. The topological polar surface area (TPSA) is 100 Å². The lowest BCUT2D eigenvalue weighted by molar-refractivity contribution is 0.291. The minimum atomic E-state index is -3.94. The van der Waals surface area contributed by atoms with Crippen molar-refractivity contribution >= 4 is 33.2 Å². The van der Waals surface area contributed by atoms with E-state index in [9.17, 15) is 8.42 Å². The molecule has 0 fully saturated rings. The Balaban J connectivity index is 2.26. The molecule has 7 nitrogen and oxygen atoms in total. The normalized spacial score (nSPS) is 11.7. The SMILES string of the molecule is Cc1nnc(COc2ccc(S(N)(=O)=O)c(Cl)c2Cl)n1C. The van der Waals surface area contributed by atoms with Gasteiger partial charge in [0.15, 0.2) is 5.82 Å². The van der Waals surface area contributed by atoms with Crippen LogP contribution in [0.25, 0.3) is 0 Å². The maximum Gasteiger partial charge on any atom is 0.239 e. The molecule has 0 radical (unpaired) electrons. The van der Waals surface area contributed by atoms with E-state index < -0.39 is 10.0 Å². The zero-order valence-corrected chi connectivity index (χ0v) is 13.5. The summed E-state index contributed by atoms with van der Waals surface area (Å²) in [4.78, 5) is -0.254. The summed E-state index contributed by atoms with van der Waals surface area (Å²) in [6.07, 6.45) is 0. The van der Waals surface area contributed by atoms with E-state index in [1.54, 1.807) is 18.5 Å². The van der Waals surface area contributed by atoms with Gasteiger partial charge in [0.05, 0.1) is 5.02 Å². The molecule has 0 saturated heterocycles. The first-order valence-electron chi connectivity index (χ1n) is 5.70. The van der Waals surface area contributed by atoms with Crippen molar-refractivity contribution in [1.82, 2.24) is 14.8 Å². The Morgan fingerprint density at radius 2 is 1.95 bits per heavy atom. The molecule has 0 spiro atoms. The first-order chi connectivity index (χ1) is 9.71. The molecule has 0 saturated carbocycles. The van der Waals surface area contributed by atoms with Crippen molar-refractivity contribution in [3.05, 3.63) is 33.8 Å². The monoisotopic (exact) mass is 350 g/mol. The molecule has 2 N–H and O–H groups in total. The molecular weight excluding hydrogens is 339 g/mol. The number of nitrogens with zero attached hydrogens (tertiary/aromatic N) is 3. The van der Waals surface area contributed by atoms with Crippen molar-refractivity contribution in [1.29, 1.82) is 0 Å². The minimum Gasteiger partial charge on any atom is -0.484 e. The number of sulfonamides is 1. The summed E-state index contributed by atoms with van der Waals surface area (Å²) in [6, 6.07) is 2.62. The molecule has 1 aromatic heterocycles. The summed E-state index contributed by atoms with van der Waals surface area (Å²) in [5.74, 6) is 1.56. The average molecular weight is 351 g/mol. The Labute approximate surface area is 131 Å². The summed E-state index contributed by atoms with van der Waals surface area (Å²) >= 11 is 11.9. The summed E-state index contributed by atoms with van der Waals surface area (Å²) < 4.78 is 29.9. The summed E-state index contributed by atoms with van der Waals surface area (Å²) in [5, 5.41) is 12.7. The maximum absolute atomic E-state index is 11.3. The zero-order valence-electron chi connectivity index (χ0n) is 11.2. The van der Waals surface area contributed by atoms with Crippen LogP contribution in [0.4, 0.5) is 0 Å². The molecule has 1 aromatic carbocycles. The highest BCUT2D eigenvalue weighted by Crippen LogP contribution is 2.36. The largest absolute Gasteiger partial charge is 0.484 e. The van der Waals surface area contributed by atoms with Crippen LogP contribution < -0.4 is 9.88 Å². The van der Waals surface area contributed by atoms with Crippen molar-refractivity contribution in [2.24, 2.45) is 12.2 Å². The van der Waals surface area contributed by atoms with Gasteiger partial charge in [-0.2, -0.15) is 0 Å². The van der Waals surface area contributed by atoms with Gasteiger partial charge in [0.2, 0.25) is 10.0 Å². The second kappa shape index (κ2) is 5.80. The van der Waals surface area contributed by atoms with Gasteiger partial charge in [0.25, 0.3) is 0 Å². The van der Waals surface area contributed by atoms with Crippen LogP contribution in [0.15, 0.2) is 17.0 Å². The molecule has 0 aliphatic heterocycles. The van der Waals surface area contributed by atoms with Crippen molar-refractivity contribution in [2.45, 2.75) is 18.4 Å². The maximum atomic E-state index is 11.3. The first kappa shape index (κ1) is 16.0. The van der Waals surface area contributed by atoms with Crippen LogP contribution in [-0.2, 0) is 23.7 Å². The van der Waals surface area contributed by atoms with Gasteiger partial charge < -0.3 is 9.30 Å². The Hall–Kier alpha value is -1.35. The van der Waals surface area contributed by atoms with E-state index in [2.05, 4.69) is 10.2 Å². The summed E-state index contributed by atoms with van der Waals surface area (Å²) in [6.45, 7) is 1.92. The molecule has 0 bridgehead atoms. The summed E-state index contributed by atoms with van der Waals surface area (Å²) in [5.41, 5.74) is 0. The Morgan fingerprint density at radius 1 is 1.29 bits per heavy atom. The molecule has 2 rings (SSSR count). The van der Waals surface area contributed by atoms with Gasteiger partial charge in [0, 0.05) is 7.05 Å². The Morgan fingerprint density at radius 3 is 2.48 bits per heavy atom. The number of aryl methyl sites for hydroxylation is 1. The standard InChI is InChI=1S/C11H12Cl2N4O3S/c1-6-15-16-9(17(6)2)5-20-7-3-4-8(21(14,18)19)11(13)10(7)12/h3-4H,5H2,1-2H3,(H2,14,18,19). The van der Waals surface area contributed by atoms with Gasteiger partial charge in [-0.05, 0) is 19.1 Å². The highest BCUT2D eigenvalue weighted by atomic mass is 35.5. The molecule has 0 aliphatic carbocycles. The van der Waals surface area contributed by atoms with Gasteiger partial charge in [-0.25, -0.2) is 13.6 Å². The van der Waals surface area contributed by atoms with Crippen LogP contribution in [0.5, 0.6) is 5.75 Å². The molecule has 114 valence electrons. The predicted octanol–water partition coefficient (Wildman–Crippen LogP) is 1.66. The van der Waals surface area contributed by atoms with Crippen LogP contribution in [0.3, 0.4) is 0 Å². The van der Waals surface area contributed by atoms with Gasteiger partial charge in [-0.15, -0.1) is 10.2 Å². The van der Waals surface area contributed by atoms with Gasteiger partial charge in [0.1, 0.15) is 28.1 Å². The van der Waals surface area contributed by atoms with Crippen LogP contribution in [0.1, 0.15) is 11.6 Å². The second-order valence-corrected chi connectivity index (χ2v) is 6.53. The third-order valence-corrected chi connectivity index (χ3v) is 4.79. The van der Waals surface area contributed by atoms with Gasteiger partial charge in [-0.3, -0.25) is 0 Å². The molecule has 2 aromatic rings. The molecule has 10 heteroatoms. The highest BCUT2D eigenvalue weighted by molar-refractivity contribution is 7.89. The minimum absolute atomic E-state index is 0.0259. The number of nitrogens with two attached hydrogens (primary N) is 1. The third kappa shape index (κ3) is 3.29. The van der Waals surface area contributed by atoms with Crippen molar-refractivity contribution < 1.29 is 13.2 Å². The van der Waals surface area contributed by atoms with E-state index in [4.69, 9.17) is 33.1 Å². The van der Waals surface area contributed by atoms with E-state index >= 15 is 0 Å². The van der Waals surface area contributed by atoms with Crippen LogP contribution in [-0.4, -0.2) is 23.2 Å². The van der Waals surface area contributed by atoms with Crippen LogP contribution in [0.2, 0.25) is 10.0 Å². The molecular formula is C11H12Cl2N4O3S. The fourth-order valence-corrected chi connectivity index (χ4v) is 2.93. The Kier molecular flexibility index (Phi) is 4.43. The van der Waals surface area contributed by atoms with Crippen molar-refractivity contribution in [2.75, 3.05) is 0 Å². The highest BCUT2D eigenvalue weighted by Gasteiger charge is 2.19. The third-order valence-electron chi connectivity index (χ3n) is 2.86. The number of hydrogen-bond donors (Lipinski definition) is 1. The Bertz CT molecular complexity index is 789. The molecule has 0 amide bonds. The number of aromatic nitrogens is 3. The fraction of sp³-hybridized carbons (Fsp3) is 0.273. The van der Waals surface area contributed by atoms with Crippen LogP contribution >= 0.6 is 23.2 Å². The predicted molar refractivity (Wildman–Crippen MR) is 77.9 cm³/mol. The van der Waals surface area contributed by atoms with E-state index in [0.717, 1.165) is 5.82 Å². The zero-order chi connectivity index (χ0) is 15.8. The molecule has 0 aliphatic rings.